The molecule has 0 radical (unpaired) electrons. The fourth-order valence-corrected chi connectivity index (χ4v) is 3.27. The molecule has 8 heteroatoms. The molecule has 1 heterocycles. The number of ether oxygens (including phenoxy) is 2. The predicted octanol–water partition coefficient (Wildman–Crippen LogP) is 4.14. The molecule has 1 aromatic heterocycles. The van der Waals surface area contributed by atoms with Crippen molar-refractivity contribution >= 4 is 29.9 Å². The van der Waals surface area contributed by atoms with E-state index in [2.05, 4.69) is 64.2 Å². The number of methoxy groups -OCH3 is 1. The van der Waals surface area contributed by atoms with Gasteiger partial charge in [0.05, 0.1) is 19.3 Å². The third-order valence-electron chi connectivity index (χ3n) is 4.98. The van der Waals surface area contributed by atoms with Gasteiger partial charge in [-0.05, 0) is 24.1 Å². The minimum Gasteiger partial charge on any atom is -0.493 e. The summed E-state index contributed by atoms with van der Waals surface area (Å²) in [6.07, 6.45) is 4.80. The fraction of sp³-hybridized carbons (Fsp3) is 0.360. The molecular formula is C25H34IN5O2. The van der Waals surface area contributed by atoms with Crippen molar-refractivity contribution in [3.63, 3.8) is 0 Å². The van der Waals surface area contributed by atoms with Crippen LogP contribution in [0.1, 0.15) is 28.7 Å². The van der Waals surface area contributed by atoms with Gasteiger partial charge in [0.1, 0.15) is 5.75 Å². The lowest BCUT2D eigenvalue weighted by Crippen LogP contribution is -2.36. The number of benzene rings is 2. The molecule has 0 fully saturated rings. The monoisotopic (exact) mass is 563 g/mol. The lowest BCUT2D eigenvalue weighted by molar-refractivity contribution is 0.171. The van der Waals surface area contributed by atoms with Crippen LogP contribution in [0, 0.1) is 6.92 Å². The number of nitrogens with zero attached hydrogens (tertiary/aromatic N) is 3. The zero-order chi connectivity index (χ0) is 22.6. The van der Waals surface area contributed by atoms with Crippen LogP contribution in [0.5, 0.6) is 5.75 Å². The Labute approximate surface area is 213 Å². The number of guanidine groups is 1. The van der Waals surface area contributed by atoms with Gasteiger partial charge < -0.3 is 20.1 Å². The second-order valence-corrected chi connectivity index (χ2v) is 7.62. The molecule has 0 bridgehead atoms. The highest BCUT2D eigenvalue weighted by atomic mass is 127. The number of rotatable bonds is 11. The molecule has 0 aliphatic carbocycles. The summed E-state index contributed by atoms with van der Waals surface area (Å²) < 4.78 is 13.0. The van der Waals surface area contributed by atoms with Crippen LogP contribution in [0.2, 0.25) is 0 Å². The molecule has 33 heavy (non-hydrogen) atoms. The average Bonchev–Trinajstić information content (AvgIpc) is 3.25. The number of nitrogens with one attached hydrogen (secondary N) is 2. The van der Waals surface area contributed by atoms with Crippen molar-refractivity contribution in [3.8, 4) is 5.75 Å². The molecule has 0 aliphatic heterocycles. The largest absolute Gasteiger partial charge is 0.493 e. The van der Waals surface area contributed by atoms with Gasteiger partial charge in [0.25, 0.3) is 0 Å². The maximum Gasteiger partial charge on any atom is 0.191 e. The highest BCUT2D eigenvalue weighted by Crippen LogP contribution is 2.20. The van der Waals surface area contributed by atoms with Crippen molar-refractivity contribution in [3.05, 3.63) is 83.2 Å². The van der Waals surface area contributed by atoms with Crippen molar-refractivity contribution < 1.29 is 9.47 Å². The number of halogens is 1. The molecule has 178 valence electrons. The van der Waals surface area contributed by atoms with Gasteiger partial charge in [0.2, 0.25) is 0 Å². The van der Waals surface area contributed by atoms with E-state index in [-0.39, 0.29) is 24.0 Å². The Morgan fingerprint density at radius 1 is 1.03 bits per heavy atom. The van der Waals surface area contributed by atoms with Crippen LogP contribution < -0.4 is 15.4 Å². The van der Waals surface area contributed by atoms with Crippen molar-refractivity contribution in [2.75, 3.05) is 27.4 Å². The summed E-state index contributed by atoms with van der Waals surface area (Å²) in [5.41, 5.74) is 4.59. The maximum atomic E-state index is 5.98. The van der Waals surface area contributed by atoms with Crippen molar-refractivity contribution in [2.24, 2.45) is 4.99 Å². The first kappa shape index (κ1) is 26.7. The number of aromatic nitrogens is 2. The van der Waals surface area contributed by atoms with Gasteiger partial charge in [-0.25, -0.2) is 0 Å². The van der Waals surface area contributed by atoms with Crippen LogP contribution in [-0.4, -0.2) is 43.1 Å². The molecule has 3 rings (SSSR count). The van der Waals surface area contributed by atoms with E-state index in [4.69, 9.17) is 9.47 Å². The Hall–Kier alpha value is -2.59. The fourth-order valence-electron chi connectivity index (χ4n) is 3.27. The Kier molecular flexibility index (Phi) is 11.7. The van der Waals surface area contributed by atoms with Crippen molar-refractivity contribution in [1.29, 1.82) is 0 Å². The second-order valence-electron chi connectivity index (χ2n) is 7.62. The summed E-state index contributed by atoms with van der Waals surface area (Å²) in [5, 5.41) is 11.2. The number of hydrogen-bond acceptors (Lipinski definition) is 4. The van der Waals surface area contributed by atoms with Crippen LogP contribution in [0.3, 0.4) is 0 Å². The molecule has 0 unspecified atom stereocenters. The first-order valence-electron chi connectivity index (χ1n) is 10.9. The third-order valence-corrected chi connectivity index (χ3v) is 4.98. The zero-order valence-electron chi connectivity index (χ0n) is 19.6. The molecule has 0 aliphatic rings. The van der Waals surface area contributed by atoms with Gasteiger partial charge in [-0.15, -0.1) is 24.0 Å². The highest BCUT2D eigenvalue weighted by Gasteiger charge is 2.07. The van der Waals surface area contributed by atoms with Crippen LogP contribution in [0.15, 0.2) is 65.9 Å². The summed E-state index contributed by atoms with van der Waals surface area (Å²) in [4.78, 5) is 4.34. The molecule has 0 saturated heterocycles. The minimum absolute atomic E-state index is 0. The Bertz CT molecular complexity index is 991. The number of hydrogen-bond donors (Lipinski definition) is 2. The SMILES string of the molecule is CN=C(NCc1cnn(Cc2ccccc2)c1)NCc1ccc(C)cc1OCCCOC.I. The van der Waals surface area contributed by atoms with E-state index in [1.54, 1.807) is 14.2 Å². The molecule has 3 aromatic rings. The van der Waals surface area contributed by atoms with Gasteiger partial charge >= 0.3 is 0 Å². The van der Waals surface area contributed by atoms with Crippen LogP contribution >= 0.6 is 24.0 Å². The van der Waals surface area contributed by atoms with E-state index in [9.17, 15) is 0 Å². The molecular weight excluding hydrogens is 529 g/mol. The summed E-state index contributed by atoms with van der Waals surface area (Å²) in [6.45, 7) is 5.41. The predicted molar refractivity (Wildman–Crippen MR) is 143 cm³/mol. The van der Waals surface area contributed by atoms with E-state index in [1.807, 2.05) is 29.1 Å². The maximum absolute atomic E-state index is 5.98. The summed E-state index contributed by atoms with van der Waals surface area (Å²) in [5.74, 6) is 1.62. The van der Waals surface area contributed by atoms with E-state index < -0.39 is 0 Å². The Balaban J connectivity index is 0.00000385. The molecule has 0 saturated carbocycles. The van der Waals surface area contributed by atoms with E-state index in [0.29, 0.717) is 26.3 Å². The lowest BCUT2D eigenvalue weighted by atomic mass is 10.1. The standard InChI is InChI=1S/C25H33N5O2.HI/c1-20-10-11-23(24(14-20)32-13-7-12-31-3)17-28-25(26-2)27-15-22-16-29-30(19-22)18-21-8-5-4-6-9-21;/h4-6,8-11,14,16,19H,7,12-13,15,17-18H2,1-3H3,(H2,26,27,28);1H. The Morgan fingerprint density at radius 3 is 2.58 bits per heavy atom. The van der Waals surface area contributed by atoms with Crippen LogP contribution in [0.25, 0.3) is 0 Å². The van der Waals surface area contributed by atoms with Crippen LogP contribution in [-0.2, 0) is 24.4 Å². The van der Waals surface area contributed by atoms with Crippen molar-refractivity contribution in [1.82, 2.24) is 20.4 Å². The zero-order valence-corrected chi connectivity index (χ0v) is 21.9. The van der Waals surface area contributed by atoms with E-state index in [1.165, 1.54) is 11.1 Å². The number of aryl methyl sites for hydroxylation is 1. The summed E-state index contributed by atoms with van der Waals surface area (Å²) in [6, 6.07) is 16.6. The van der Waals surface area contributed by atoms with Gasteiger partial charge in [-0.3, -0.25) is 9.67 Å². The third kappa shape index (κ3) is 9.05. The first-order chi connectivity index (χ1) is 15.7. The van der Waals surface area contributed by atoms with Crippen LogP contribution in [0.4, 0.5) is 0 Å². The van der Waals surface area contributed by atoms with Gasteiger partial charge in [0, 0.05) is 57.6 Å². The quantitative estimate of drug-likeness (QED) is 0.159. The molecule has 2 aromatic carbocycles. The summed E-state index contributed by atoms with van der Waals surface area (Å²) >= 11 is 0. The van der Waals surface area contributed by atoms with E-state index >= 15 is 0 Å². The molecule has 7 nitrogen and oxygen atoms in total. The summed E-state index contributed by atoms with van der Waals surface area (Å²) in [7, 11) is 3.47. The highest BCUT2D eigenvalue weighted by molar-refractivity contribution is 14.0. The smallest absolute Gasteiger partial charge is 0.191 e. The topological polar surface area (TPSA) is 72.7 Å². The lowest BCUT2D eigenvalue weighted by Gasteiger charge is -2.15. The number of aliphatic imine (C=N–C) groups is 1. The molecule has 0 spiro atoms. The first-order valence-corrected chi connectivity index (χ1v) is 10.9. The Morgan fingerprint density at radius 2 is 1.82 bits per heavy atom. The molecule has 2 N–H and O–H groups in total. The van der Waals surface area contributed by atoms with Gasteiger partial charge in [-0.2, -0.15) is 5.10 Å². The van der Waals surface area contributed by atoms with E-state index in [0.717, 1.165) is 35.8 Å². The van der Waals surface area contributed by atoms with Gasteiger partial charge in [0.15, 0.2) is 5.96 Å². The minimum atomic E-state index is 0. The normalized spacial score (nSPS) is 11.1. The molecule has 0 atom stereocenters. The molecule has 0 amide bonds. The van der Waals surface area contributed by atoms with Crippen molar-refractivity contribution in [2.45, 2.75) is 33.0 Å². The van der Waals surface area contributed by atoms with Gasteiger partial charge in [-0.1, -0.05) is 42.5 Å². The second kappa shape index (κ2) is 14.5. The average molecular weight is 563 g/mol.